The predicted octanol–water partition coefficient (Wildman–Crippen LogP) is 2.69. The van der Waals surface area contributed by atoms with Gasteiger partial charge >= 0.3 is 6.18 Å². The smallest absolute Gasteiger partial charge is 0.395 e. The molecule has 0 bridgehead atoms. The van der Waals surface area contributed by atoms with E-state index in [0.717, 1.165) is 0 Å². The van der Waals surface area contributed by atoms with Gasteiger partial charge in [0.1, 0.15) is 5.75 Å². The molecule has 2 nitrogen and oxygen atoms in total. The van der Waals surface area contributed by atoms with Crippen molar-refractivity contribution >= 4 is 0 Å². The summed E-state index contributed by atoms with van der Waals surface area (Å²) in [4.78, 5) is 0. The van der Waals surface area contributed by atoms with Crippen molar-refractivity contribution in [3.8, 4) is 5.75 Å². The molecule has 0 saturated heterocycles. The second-order valence-electron chi connectivity index (χ2n) is 3.44. The van der Waals surface area contributed by atoms with Crippen LogP contribution in [0.15, 0.2) is 24.3 Å². The van der Waals surface area contributed by atoms with Crippen molar-refractivity contribution in [3.05, 3.63) is 29.8 Å². The summed E-state index contributed by atoms with van der Waals surface area (Å²) in [6.45, 7) is 0.0101. The van der Waals surface area contributed by atoms with Gasteiger partial charge in [0.15, 0.2) is 0 Å². The minimum atomic E-state index is -4.26. The number of benzene rings is 1. The van der Waals surface area contributed by atoms with E-state index in [1.165, 1.54) is 31.4 Å². The molecule has 0 spiro atoms. The Morgan fingerprint density at radius 1 is 1.25 bits per heavy atom. The lowest BCUT2D eigenvalue weighted by Gasteiger charge is -2.20. The fourth-order valence-electron chi connectivity index (χ4n) is 1.52. The lowest BCUT2D eigenvalue weighted by atomic mass is 9.95. The van der Waals surface area contributed by atoms with Crippen molar-refractivity contribution in [2.75, 3.05) is 13.7 Å². The number of alkyl halides is 3. The zero-order valence-electron chi connectivity index (χ0n) is 8.92. The number of halogens is 3. The van der Waals surface area contributed by atoms with Crippen LogP contribution in [-0.4, -0.2) is 19.8 Å². The van der Waals surface area contributed by atoms with Crippen molar-refractivity contribution < 1.29 is 17.9 Å². The first-order chi connectivity index (χ1) is 7.49. The van der Waals surface area contributed by atoms with Crippen molar-refractivity contribution in [1.82, 2.24) is 0 Å². The lowest BCUT2D eigenvalue weighted by molar-refractivity contribution is -0.151. The van der Waals surface area contributed by atoms with Gasteiger partial charge < -0.3 is 10.5 Å². The summed E-state index contributed by atoms with van der Waals surface area (Å²) < 4.78 is 43.0. The van der Waals surface area contributed by atoms with Crippen LogP contribution in [-0.2, 0) is 0 Å². The first-order valence-electron chi connectivity index (χ1n) is 4.89. The standard InChI is InChI=1S/C11H14F3NO/c1-16-9-4-2-8(3-5-9)10(6-7-15)11(12,13)14/h2-5,10H,6-7,15H2,1H3. The van der Waals surface area contributed by atoms with Crippen LogP contribution in [0.25, 0.3) is 0 Å². The van der Waals surface area contributed by atoms with Crippen LogP contribution in [0.2, 0.25) is 0 Å². The molecule has 0 heterocycles. The summed E-state index contributed by atoms with van der Waals surface area (Å²) in [6.07, 6.45) is -4.36. The van der Waals surface area contributed by atoms with Crippen LogP contribution in [0.4, 0.5) is 13.2 Å². The van der Waals surface area contributed by atoms with Gasteiger partial charge in [0.2, 0.25) is 0 Å². The molecular formula is C11H14F3NO. The molecule has 1 aromatic rings. The Labute approximate surface area is 92.2 Å². The van der Waals surface area contributed by atoms with Crippen molar-refractivity contribution in [2.24, 2.45) is 5.73 Å². The van der Waals surface area contributed by atoms with E-state index in [2.05, 4.69) is 0 Å². The Morgan fingerprint density at radius 3 is 2.19 bits per heavy atom. The third kappa shape index (κ3) is 3.13. The minimum Gasteiger partial charge on any atom is -0.497 e. The van der Waals surface area contributed by atoms with E-state index in [1.54, 1.807) is 0 Å². The Kier molecular flexibility index (Phi) is 4.18. The van der Waals surface area contributed by atoms with Crippen molar-refractivity contribution in [1.29, 1.82) is 0 Å². The van der Waals surface area contributed by atoms with E-state index in [1.807, 2.05) is 0 Å². The third-order valence-corrected chi connectivity index (χ3v) is 2.37. The summed E-state index contributed by atoms with van der Waals surface area (Å²) in [7, 11) is 1.47. The first kappa shape index (κ1) is 12.8. The number of methoxy groups -OCH3 is 1. The SMILES string of the molecule is COc1ccc(C(CCN)C(F)(F)F)cc1. The molecule has 5 heteroatoms. The topological polar surface area (TPSA) is 35.2 Å². The summed E-state index contributed by atoms with van der Waals surface area (Å²) in [5.74, 6) is -0.958. The average Bonchev–Trinajstić information content (AvgIpc) is 2.25. The largest absolute Gasteiger partial charge is 0.497 e. The third-order valence-electron chi connectivity index (χ3n) is 2.37. The maximum Gasteiger partial charge on any atom is 0.395 e. The number of hydrogen-bond acceptors (Lipinski definition) is 2. The maximum atomic E-state index is 12.7. The van der Waals surface area contributed by atoms with Crippen LogP contribution in [0.5, 0.6) is 5.75 Å². The first-order valence-corrected chi connectivity index (χ1v) is 4.89. The van der Waals surface area contributed by atoms with E-state index in [4.69, 9.17) is 10.5 Å². The molecule has 0 radical (unpaired) electrons. The molecule has 90 valence electrons. The Hall–Kier alpha value is -1.23. The molecule has 0 aromatic heterocycles. The van der Waals surface area contributed by atoms with Crippen LogP contribution in [0.3, 0.4) is 0 Å². The molecule has 1 aromatic carbocycles. The minimum absolute atomic E-state index is 0.0101. The van der Waals surface area contributed by atoms with Gasteiger partial charge in [-0.3, -0.25) is 0 Å². The number of nitrogens with two attached hydrogens (primary N) is 1. The van der Waals surface area contributed by atoms with Crippen LogP contribution < -0.4 is 10.5 Å². The van der Waals surface area contributed by atoms with E-state index in [9.17, 15) is 13.2 Å². The van der Waals surface area contributed by atoms with Gasteiger partial charge in [-0.25, -0.2) is 0 Å². The molecule has 0 aliphatic heterocycles. The van der Waals surface area contributed by atoms with E-state index in [-0.39, 0.29) is 18.5 Å². The zero-order chi connectivity index (χ0) is 12.2. The summed E-state index contributed by atoms with van der Waals surface area (Å²) in [6, 6.07) is 5.88. The van der Waals surface area contributed by atoms with Crippen LogP contribution in [0.1, 0.15) is 17.9 Å². The van der Waals surface area contributed by atoms with Gasteiger partial charge in [-0.1, -0.05) is 12.1 Å². The fraction of sp³-hybridized carbons (Fsp3) is 0.455. The van der Waals surface area contributed by atoms with Gasteiger partial charge in [-0.05, 0) is 30.7 Å². The maximum absolute atomic E-state index is 12.7. The highest BCUT2D eigenvalue weighted by atomic mass is 19.4. The molecular weight excluding hydrogens is 219 g/mol. The van der Waals surface area contributed by atoms with E-state index >= 15 is 0 Å². The number of hydrogen-bond donors (Lipinski definition) is 1. The molecule has 1 atom stereocenters. The predicted molar refractivity (Wildman–Crippen MR) is 55.5 cm³/mol. The van der Waals surface area contributed by atoms with Gasteiger partial charge in [0, 0.05) is 0 Å². The highest BCUT2D eigenvalue weighted by molar-refractivity contribution is 5.30. The van der Waals surface area contributed by atoms with Gasteiger partial charge in [0.05, 0.1) is 13.0 Å². The number of ether oxygens (including phenoxy) is 1. The van der Waals surface area contributed by atoms with Gasteiger partial charge in [-0.15, -0.1) is 0 Å². The normalized spacial score (nSPS) is 13.6. The molecule has 2 N–H and O–H groups in total. The second-order valence-corrected chi connectivity index (χ2v) is 3.44. The van der Waals surface area contributed by atoms with Crippen LogP contribution in [0, 0.1) is 0 Å². The highest BCUT2D eigenvalue weighted by Gasteiger charge is 2.39. The molecule has 0 amide bonds. The molecule has 0 fully saturated rings. The molecule has 0 saturated carbocycles. The lowest BCUT2D eigenvalue weighted by Crippen LogP contribution is -2.23. The highest BCUT2D eigenvalue weighted by Crippen LogP contribution is 2.37. The fourth-order valence-corrected chi connectivity index (χ4v) is 1.52. The van der Waals surface area contributed by atoms with Gasteiger partial charge in [0.25, 0.3) is 0 Å². The Morgan fingerprint density at radius 2 is 1.81 bits per heavy atom. The molecule has 16 heavy (non-hydrogen) atoms. The number of rotatable bonds is 4. The molecule has 1 rings (SSSR count). The quantitative estimate of drug-likeness (QED) is 0.867. The van der Waals surface area contributed by atoms with E-state index < -0.39 is 12.1 Å². The summed E-state index contributed by atoms with van der Waals surface area (Å²) >= 11 is 0. The molecule has 1 unspecified atom stereocenters. The Bertz CT molecular complexity index is 321. The van der Waals surface area contributed by atoms with E-state index in [0.29, 0.717) is 5.75 Å². The molecule has 0 aliphatic carbocycles. The monoisotopic (exact) mass is 233 g/mol. The van der Waals surface area contributed by atoms with Gasteiger partial charge in [-0.2, -0.15) is 13.2 Å². The van der Waals surface area contributed by atoms with Crippen molar-refractivity contribution in [2.45, 2.75) is 18.5 Å². The summed E-state index contributed by atoms with van der Waals surface area (Å²) in [5.41, 5.74) is 5.42. The van der Waals surface area contributed by atoms with Crippen LogP contribution >= 0.6 is 0 Å². The summed E-state index contributed by atoms with van der Waals surface area (Å²) in [5, 5.41) is 0. The zero-order valence-corrected chi connectivity index (χ0v) is 8.92. The average molecular weight is 233 g/mol. The molecule has 0 aliphatic rings. The second kappa shape index (κ2) is 5.21. The van der Waals surface area contributed by atoms with Crippen molar-refractivity contribution in [3.63, 3.8) is 0 Å². The Balaban J connectivity index is 2.93.